The second kappa shape index (κ2) is 10.1. The number of pyridine rings is 1. The SMILES string of the molecule is COC(=O)CC(=O)CC(O)C=Cc1c(C(C)C)cc(C)nc1-c1ccc(F)cc1. The molecular weight excluding hydrogens is 373 g/mol. The Balaban J connectivity index is 2.37. The summed E-state index contributed by atoms with van der Waals surface area (Å²) >= 11 is 0. The summed E-state index contributed by atoms with van der Waals surface area (Å²) in [4.78, 5) is 27.6. The van der Waals surface area contributed by atoms with Crippen molar-refractivity contribution in [1.29, 1.82) is 0 Å². The highest BCUT2D eigenvalue weighted by molar-refractivity contribution is 5.95. The molecule has 0 radical (unpaired) electrons. The van der Waals surface area contributed by atoms with E-state index in [0.717, 1.165) is 22.4 Å². The molecule has 154 valence electrons. The molecule has 2 aromatic rings. The molecule has 0 aliphatic carbocycles. The maximum absolute atomic E-state index is 13.3. The highest BCUT2D eigenvalue weighted by atomic mass is 19.1. The number of esters is 1. The number of hydrogen-bond donors (Lipinski definition) is 1. The van der Waals surface area contributed by atoms with Crippen molar-refractivity contribution in [3.8, 4) is 11.3 Å². The van der Waals surface area contributed by atoms with E-state index in [-0.39, 0.29) is 24.6 Å². The summed E-state index contributed by atoms with van der Waals surface area (Å²) in [5.74, 6) is -1.18. The van der Waals surface area contributed by atoms with Crippen LogP contribution in [0.15, 0.2) is 36.4 Å². The zero-order valence-electron chi connectivity index (χ0n) is 17.1. The van der Waals surface area contributed by atoms with Gasteiger partial charge in [0.15, 0.2) is 0 Å². The van der Waals surface area contributed by atoms with Crippen LogP contribution in [0.2, 0.25) is 0 Å². The summed E-state index contributed by atoms with van der Waals surface area (Å²) in [5.41, 5.74) is 4.10. The predicted molar refractivity (Wildman–Crippen MR) is 110 cm³/mol. The fourth-order valence-electron chi connectivity index (χ4n) is 3.00. The molecule has 1 unspecified atom stereocenters. The van der Waals surface area contributed by atoms with E-state index >= 15 is 0 Å². The zero-order chi connectivity index (χ0) is 21.6. The standard InChI is InChI=1S/C23H26FNO4/c1-14(2)21-11-15(3)25-23(16-5-7-17(24)8-6-16)20(21)10-9-18(26)12-19(27)13-22(28)29-4/h5-11,14,18,26H,12-13H2,1-4H3. The number of rotatable bonds is 8. The molecule has 2 rings (SSSR count). The van der Waals surface area contributed by atoms with Gasteiger partial charge in [-0.3, -0.25) is 14.6 Å². The molecule has 1 atom stereocenters. The number of halogens is 1. The van der Waals surface area contributed by atoms with Crippen LogP contribution in [-0.2, 0) is 14.3 Å². The van der Waals surface area contributed by atoms with E-state index < -0.39 is 17.9 Å². The minimum Gasteiger partial charge on any atom is -0.469 e. The van der Waals surface area contributed by atoms with Crippen LogP contribution in [0.5, 0.6) is 0 Å². The Hall–Kier alpha value is -2.86. The smallest absolute Gasteiger partial charge is 0.313 e. The first-order valence-corrected chi connectivity index (χ1v) is 9.43. The van der Waals surface area contributed by atoms with E-state index in [1.54, 1.807) is 18.2 Å². The monoisotopic (exact) mass is 399 g/mol. The highest BCUT2D eigenvalue weighted by Gasteiger charge is 2.16. The third-order valence-corrected chi connectivity index (χ3v) is 4.45. The summed E-state index contributed by atoms with van der Waals surface area (Å²) in [6.07, 6.45) is 1.64. The Morgan fingerprint density at radius 2 is 1.90 bits per heavy atom. The maximum Gasteiger partial charge on any atom is 0.313 e. The van der Waals surface area contributed by atoms with Crippen molar-refractivity contribution >= 4 is 17.8 Å². The van der Waals surface area contributed by atoms with Crippen molar-refractivity contribution in [1.82, 2.24) is 4.98 Å². The number of carbonyl (C=O) groups excluding carboxylic acids is 2. The summed E-state index contributed by atoms with van der Waals surface area (Å²) < 4.78 is 17.8. The first-order valence-electron chi connectivity index (χ1n) is 9.43. The number of nitrogens with zero attached hydrogens (tertiary/aromatic N) is 1. The molecule has 1 N–H and O–H groups in total. The Bertz CT molecular complexity index is 904. The molecule has 0 aliphatic rings. The fraction of sp³-hybridized carbons (Fsp3) is 0.348. The number of hydrogen-bond acceptors (Lipinski definition) is 5. The number of Topliss-reactive ketones (excluding diaryl/α,β-unsaturated/α-hetero) is 1. The van der Waals surface area contributed by atoms with Crippen LogP contribution in [-0.4, -0.2) is 35.1 Å². The minimum absolute atomic E-state index is 0.187. The van der Waals surface area contributed by atoms with Gasteiger partial charge in [-0.25, -0.2) is 4.39 Å². The van der Waals surface area contributed by atoms with Crippen LogP contribution in [0.4, 0.5) is 4.39 Å². The van der Waals surface area contributed by atoms with E-state index in [1.165, 1.54) is 25.3 Å². The lowest BCUT2D eigenvalue weighted by atomic mass is 9.92. The molecule has 1 heterocycles. The largest absolute Gasteiger partial charge is 0.469 e. The molecule has 0 spiro atoms. The zero-order valence-corrected chi connectivity index (χ0v) is 17.1. The number of carbonyl (C=O) groups is 2. The molecule has 0 fully saturated rings. The van der Waals surface area contributed by atoms with Crippen molar-refractivity contribution < 1.29 is 23.8 Å². The average Bonchev–Trinajstić information content (AvgIpc) is 2.66. The number of aliphatic hydroxyl groups is 1. The Morgan fingerprint density at radius 3 is 2.48 bits per heavy atom. The molecule has 0 amide bonds. The highest BCUT2D eigenvalue weighted by Crippen LogP contribution is 2.31. The van der Waals surface area contributed by atoms with Gasteiger partial charge in [-0.05, 0) is 48.7 Å². The third kappa shape index (κ3) is 6.32. The van der Waals surface area contributed by atoms with E-state index in [2.05, 4.69) is 23.6 Å². The number of aryl methyl sites for hydroxylation is 1. The van der Waals surface area contributed by atoms with Gasteiger partial charge in [0.05, 0.1) is 18.9 Å². The van der Waals surface area contributed by atoms with Gasteiger partial charge < -0.3 is 9.84 Å². The van der Waals surface area contributed by atoms with Crippen molar-refractivity contribution in [2.75, 3.05) is 7.11 Å². The first kappa shape index (κ1) is 22.4. The van der Waals surface area contributed by atoms with E-state index in [9.17, 15) is 19.1 Å². The molecule has 0 saturated carbocycles. The Kier molecular flexibility index (Phi) is 7.79. The summed E-state index contributed by atoms with van der Waals surface area (Å²) in [5, 5.41) is 10.2. The first-order chi connectivity index (χ1) is 13.7. The Labute approximate surface area is 170 Å². The fourth-order valence-corrected chi connectivity index (χ4v) is 3.00. The van der Waals surface area contributed by atoms with Crippen molar-refractivity contribution in [3.05, 3.63) is 59.0 Å². The number of benzene rings is 1. The quantitative estimate of drug-likeness (QED) is 0.531. The van der Waals surface area contributed by atoms with Crippen LogP contribution < -0.4 is 0 Å². The van der Waals surface area contributed by atoms with Crippen molar-refractivity contribution in [3.63, 3.8) is 0 Å². The van der Waals surface area contributed by atoms with Gasteiger partial charge in [0.1, 0.15) is 18.0 Å². The molecule has 29 heavy (non-hydrogen) atoms. The van der Waals surface area contributed by atoms with Crippen LogP contribution in [0.25, 0.3) is 17.3 Å². The van der Waals surface area contributed by atoms with Gasteiger partial charge in [-0.15, -0.1) is 0 Å². The van der Waals surface area contributed by atoms with Crippen LogP contribution >= 0.6 is 0 Å². The number of aromatic nitrogens is 1. The lowest BCUT2D eigenvalue weighted by Gasteiger charge is -2.16. The Morgan fingerprint density at radius 1 is 1.24 bits per heavy atom. The van der Waals surface area contributed by atoms with Crippen LogP contribution in [0, 0.1) is 12.7 Å². The van der Waals surface area contributed by atoms with E-state index in [4.69, 9.17) is 0 Å². The maximum atomic E-state index is 13.3. The summed E-state index contributed by atoms with van der Waals surface area (Å²) in [6, 6.07) is 8.06. The molecule has 0 bridgehead atoms. The molecule has 0 aliphatic heterocycles. The van der Waals surface area contributed by atoms with Gasteiger partial charge in [-0.2, -0.15) is 0 Å². The van der Waals surface area contributed by atoms with Gasteiger partial charge in [0.2, 0.25) is 0 Å². The van der Waals surface area contributed by atoms with Gasteiger partial charge in [0.25, 0.3) is 0 Å². The normalized spacial score (nSPS) is 12.4. The lowest BCUT2D eigenvalue weighted by molar-refractivity contribution is -0.143. The second-order valence-corrected chi connectivity index (χ2v) is 7.20. The van der Waals surface area contributed by atoms with Crippen molar-refractivity contribution in [2.24, 2.45) is 0 Å². The minimum atomic E-state index is -1.05. The van der Waals surface area contributed by atoms with E-state index in [1.807, 2.05) is 13.0 Å². The van der Waals surface area contributed by atoms with Gasteiger partial charge >= 0.3 is 5.97 Å². The van der Waals surface area contributed by atoms with E-state index in [0.29, 0.717) is 5.69 Å². The molecule has 6 heteroatoms. The predicted octanol–water partition coefficient (Wildman–Crippen LogP) is 4.22. The number of aliphatic hydroxyl groups excluding tert-OH is 1. The second-order valence-electron chi connectivity index (χ2n) is 7.20. The number of ether oxygens (including phenoxy) is 1. The van der Waals surface area contributed by atoms with Gasteiger partial charge in [-0.1, -0.05) is 26.0 Å². The topological polar surface area (TPSA) is 76.5 Å². The molecule has 1 aromatic heterocycles. The summed E-state index contributed by atoms with van der Waals surface area (Å²) in [6.45, 7) is 6.00. The lowest BCUT2D eigenvalue weighted by Crippen LogP contribution is -2.15. The molecule has 1 aromatic carbocycles. The van der Waals surface area contributed by atoms with Crippen LogP contribution in [0.3, 0.4) is 0 Å². The average molecular weight is 399 g/mol. The third-order valence-electron chi connectivity index (χ3n) is 4.45. The molecule has 5 nitrogen and oxygen atoms in total. The van der Waals surface area contributed by atoms with Crippen molar-refractivity contribution in [2.45, 2.75) is 45.6 Å². The molecule has 0 saturated heterocycles. The molecular formula is C23H26FNO4. The summed E-state index contributed by atoms with van der Waals surface area (Å²) in [7, 11) is 1.21. The van der Waals surface area contributed by atoms with Gasteiger partial charge in [0, 0.05) is 23.2 Å². The number of methoxy groups -OCH3 is 1. The van der Waals surface area contributed by atoms with Crippen LogP contribution in [0.1, 0.15) is 49.4 Å². The number of ketones is 1.